The molecule has 0 bridgehead atoms. The molecule has 0 aliphatic carbocycles. The number of anilines is 2. The van der Waals surface area contributed by atoms with Crippen LogP contribution < -0.4 is 10.2 Å². The first-order valence-electron chi connectivity index (χ1n) is 9.96. The molecule has 0 amide bonds. The number of para-hydroxylation sites is 1. The van der Waals surface area contributed by atoms with Crippen molar-refractivity contribution in [2.75, 3.05) is 49.5 Å². The smallest absolute Gasteiger partial charge is 0.227 e. The van der Waals surface area contributed by atoms with Crippen molar-refractivity contribution in [2.24, 2.45) is 0 Å². The number of benzene rings is 2. The predicted molar refractivity (Wildman–Crippen MR) is 121 cm³/mol. The van der Waals surface area contributed by atoms with Gasteiger partial charge in [-0.1, -0.05) is 42.5 Å². The summed E-state index contributed by atoms with van der Waals surface area (Å²) >= 11 is 0. The number of aliphatic hydroxyl groups is 1. The van der Waals surface area contributed by atoms with Crippen LogP contribution in [0, 0.1) is 0 Å². The topological polar surface area (TPSA) is 64.5 Å². The van der Waals surface area contributed by atoms with Crippen molar-refractivity contribution in [2.45, 2.75) is 13.0 Å². The fourth-order valence-electron chi connectivity index (χ4n) is 3.57. The average Bonchev–Trinajstić information content (AvgIpc) is 2.75. The molecule has 3 aromatic rings. The van der Waals surface area contributed by atoms with Crippen LogP contribution in [0.3, 0.4) is 0 Å². The molecule has 29 heavy (non-hydrogen) atoms. The second-order valence-electron chi connectivity index (χ2n) is 7.14. The van der Waals surface area contributed by atoms with Gasteiger partial charge in [0.15, 0.2) is 0 Å². The summed E-state index contributed by atoms with van der Waals surface area (Å²) in [4.78, 5) is 14.4. The van der Waals surface area contributed by atoms with Gasteiger partial charge in [-0.05, 0) is 24.1 Å². The molecule has 1 fully saturated rings. The lowest BCUT2D eigenvalue weighted by Crippen LogP contribution is -2.46. The highest BCUT2D eigenvalue weighted by Crippen LogP contribution is 2.24. The molecule has 1 aliphatic heterocycles. The lowest BCUT2D eigenvalue weighted by Gasteiger charge is -2.35. The number of fused-ring (bicyclic) bond motifs is 1. The number of hydrogen-bond donors (Lipinski definition) is 2. The van der Waals surface area contributed by atoms with E-state index in [1.807, 2.05) is 24.3 Å². The van der Waals surface area contributed by atoms with E-state index in [1.54, 1.807) is 0 Å². The number of rotatable bonds is 7. The number of aliphatic hydroxyl groups excluding tert-OH is 1. The van der Waals surface area contributed by atoms with Crippen LogP contribution in [0.1, 0.15) is 12.0 Å². The van der Waals surface area contributed by atoms with Crippen molar-refractivity contribution in [3.8, 4) is 0 Å². The molecule has 2 N–H and O–H groups in total. The van der Waals surface area contributed by atoms with Gasteiger partial charge in [0.1, 0.15) is 5.82 Å². The van der Waals surface area contributed by atoms with Gasteiger partial charge in [0.05, 0.1) is 5.52 Å². The summed E-state index contributed by atoms with van der Waals surface area (Å²) < 4.78 is 0. The van der Waals surface area contributed by atoms with Gasteiger partial charge < -0.3 is 15.3 Å². The van der Waals surface area contributed by atoms with E-state index in [9.17, 15) is 0 Å². The molecule has 0 radical (unpaired) electrons. The highest BCUT2D eigenvalue weighted by atomic mass is 35.5. The number of halogens is 1. The maximum Gasteiger partial charge on any atom is 0.227 e. The molecule has 6 nitrogen and oxygen atoms in total. The minimum Gasteiger partial charge on any atom is -0.396 e. The highest BCUT2D eigenvalue weighted by Gasteiger charge is 2.20. The Kier molecular flexibility index (Phi) is 7.63. The van der Waals surface area contributed by atoms with E-state index in [0.717, 1.165) is 55.4 Å². The van der Waals surface area contributed by atoms with Gasteiger partial charge >= 0.3 is 0 Å². The highest BCUT2D eigenvalue weighted by molar-refractivity contribution is 5.90. The first kappa shape index (κ1) is 21.3. The van der Waals surface area contributed by atoms with Crippen molar-refractivity contribution >= 4 is 35.1 Å². The molecular formula is C22H28ClN5O. The molecular weight excluding hydrogens is 386 g/mol. The molecule has 2 heterocycles. The fraction of sp³-hybridized carbons (Fsp3) is 0.364. The Labute approximate surface area is 178 Å². The molecule has 7 heteroatoms. The fourth-order valence-corrected chi connectivity index (χ4v) is 3.57. The number of piperazine rings is 1. The third kappa shape index (κ3) is 5.35. The van der Waals surface area contributed by atoms with E-state index >= 15 is 0 Å². The Balaban J connectivity index is 0.00000240. The van der Waals surface area contributed by atoms with Gasteiger partial charge in [-0.15, -0.1) is 12.4 Å². The molecule has 154 valence electrons. The van der Waals surface area contributed by atoms with Crippen LogP contribution in [0.4, 0.5) is 11.8 Å². The van der Waals surface area contributed by atoms with Crippen molar-refractivity contribution in [1.82, 2.24) is 14.9 Å². The van der Waals surface area contributed by atoms with Crippen molar-refractivity contribution in [3.63, 3.8) is 0 Å². The van der Waals surface area contributed by atoms with E-state index in [1.165, 1.54) is 5.56 Å². The van der Waals surface area contributed by atoms with E-state index in [0.29, 0.717) is 13.0 Å². The van der Waals surface area contributed by atoms with Gasteiger partial charge in [-0.25, -0.2) is 4.98 Å². The summed E-state index contributed by atoms with van der Waals surface area (Å²) in [6.07, 6.45) is 0.700. The van der Waals surface area contributed by atoms with Crippen LogP contribution in [-0.2, 0) is 6.54 Å². The summed E-state index contributed by atoms with van der Waals surface area (Å²) in [7, 11) is 0. The van der Waals surface area contributed by atoms with E-state index in [2.05, 4.69) is 45.4 Å². The Morgan fingerprint density at radius 3 is 2.38 bits per heavy atom. The second kappa shape index (κ2) is 10.4. The molecule has 1 aliphatic rings. The van der Waals surface area contributed by atoms with E-state index in [-0.39, 0.29) is 19.0 Å². The summed E-state index contributed by atoms with van der Waals surface area (Å²) in [5, 5.41) is 13.4. The van der Waals surface area contributed by atoms with E-state index in [4.69, 9.17) is 15.1 Å². The lowest BCUT2D eigenvalue weighted by molar-refractivity contribution is 0.249. The predicted octanol–water partition coefficient (Wildman–Crippen LogP) is 3.17. The molecule has 2 aromatic carbocycles. The Morgan fingerprint density at radius 2 is 1.62 bits per heavy atom. The summed E-state index contributed by atoms with van der Waals surface area (Å²) in [5.41, 5.74) is 2.30. The van der Waals surface area contributed by atoms with Gasteiger partial charge in [0.2, 0.25) is 5.95 Å². The first-order chi connectivity index (χ1) is 13.8. The van der Waals surface area contributed by atoms with Crippen LogP contribution in [-0.4, -0.2) is 59.3 Å². The molecule has 0 spiro atoms. The number of nitrogens with one attached hydrogen (secondary N) is 1. The maximum absolute atomic E-state index is 9.06. The third-order valence-electron chi connectivity index (χ3n) is 5.12. The average molecular weight is 414 g/mol. The normalized spacial score (nSPS) is 14.6. The Bertz CT molecular complexity index is 900. The quantitative estimate of drug-likeness (QED) is 0.580. The Hall–Kier alpha value is -2.41. The zero-order chi connectivity index (χ0) is 19.2. The van der Waals surface area contributed by atoms with Crippen molar-refractivity contribution in [3.05, 3.63) is 60.2 Å². The number of nitrogens with zero attached hydrogens (tertiary/aromatic N) is 4. The third-order valence-corrected chi connectivity index (χ3v) is 5.12. The summed E-state index contributed by atoms with van der Waals surface area (Å²) in [6, 6.07) is 18.7. The van der Waals surface area contributed by atoms with Crippen LogP contribution in [0.15, 0.2) is 54.6 Å². The molecule has 4 rings (SSSR count). The standard InChI is InChI=1S/C22H27N5O.ClH/c28-16-6-11-23-21-19-9-4-5-10-20(19)24-22(25-21)27-14-12-26(13-15-27)17-18-7-2-1-3-8-18;/h1-5,7-10,28H,6,11-17H2,(H,23,24,25);1H. The van der Waals surface area contributed by atoms with Crippen LogP contribution in [0.25, 0.3) is 10.9 Å². The zero-order valence-corrected chi connectivity index (χ0v) is 17.3. The minimum absolute atomic E-state index is 0. The molecule has 0 saturated carbocycles. The minimum atomic E-state index is 0. The van der Waals surface area contributed by atoms with E-state index < -0.39 is 0 Å². The van der Waals surface area contributed by atoms with Gasteiger partial charge in [0, 0.05) is 51.3 Å². The summed E-state index contributed by atoms with van der Waals surface area (Å²) in [6.45, 7) is 5.69. The maximum atomic E-state index is 9.06. The Morgan fingerprint density at radius 1 is 0.897 bits per heavy atom. The van der Waals surface area contributed by atoms with Gasteiger partial charge in [-0.3, -0.25) is 4.90 Å². The monoisotopic (exact) mass is 413 g/mol. The van der Waals surface area contributed by atoms with Crippen LogP contribution in [0.2, 0.25) is 0 Å². The largest absolute Gasteiger partial charge is 0.396 e. The summed E-state index contributed by atoms with van der Waals surface area (Å²) in [5.74, 6) is 1.63. The molecule has 1 saturated heterocycles. The van der Waals surface area contributed by atoms with Gasteiger partial charge in [0.25, 0.3) is 0 Å². The SMILES string of the molecule is Cl.OCCCNc1nc(N2CCN(Cc3ccccc3)CC2)nc2ccccc12. The molecule has 0 atom stereocenters. The number of aromatic nitrogens is 2. The second-order valence-corrected chi connectivity index (χ2v) is 7.14. The molecule has 1 aromatic heterocycles. The van der Waals surface area contributed by atoms with Crippen LogP contribution >= 0.6 is 12.4 Å². The van der Waals surface area contributed by atoms with Crippen LogP contribution in [0.5, 0.6) is 0 Å². The van der Waals surface area contributed by atoms with Gasteiger partial charge in [-0.2, -0.15) is 4.98 Å². The number of hydrogen-bond acceptors (Lipinski definition) is 6. The molecule has 0 unspecified atom stereocenters. The van der Waals surface area contributed by atoms with Crippen molar-refractivity contribution < 1.29 is 5.11 Å². The zero-order valence-electron chi connectivity index (χ0n) is 16.5. The lowest BCUT2D eigenvalue weighted by atomic mass is 10.2. The first-order valence-corrected chi connectivity index (χ1v) is 9.96. The van der Waals surface area contributed by atoms with Crippen molar-refractivity contribution in [1.29, 1.82) is 0 Å².